The van der Waals surface area contributed by atoms with Crippen molar-refractivity contribution in [1.29, 1.82) is 0 Å². The monoisotopic (exact) mass is 270 g/mol. The molecule has 1 amide bonds. The highest BCUT2D eigenvalue weighted by molar-refractivity contribution is 5.76. The normalized spacial score (nSPS) is 28.4. The number of aliphatic hydroxyl groups is 1. The minimum atomic E-state index is -0.366. The lowest BCUT2D eigenvalue weighted by Crippen LogP contribution is -2.55. The van der Waals surface area contributed by atoms with Crippen LogP contribution >= 0.6 is 0 Å². The maximum Gasteiger partial charge on any atom is 0.223 e. The second kappa shape index (κ2) is 6.20. The molecule has 0 aromatic carbocycles. The molecule has 0 aliphatic carbocycles. The van der Waals surface area contributed by atoms with Crippen LogP contribution in [0, 0.1) is 5.92 Å². The van der Waals surface area contributed by atoms with E-state index < -0.39 is 0 Å². The summed E-state index contributed by atoms with van der Waals surface area (Å²) >= 11 is 0. The smallest absolute Gasteiger partial charge is 0.223 e. The van der Waals surface area contributed by atoms with Crippen molar-refractivity contribution in [2.24, 2.45) is 5.92 Å². The van der Waals surface area contributed by atoms with Crippen LogP contribution < -0.4 is 5.32 Å². The van der Waals surface area contributed by atoms with E-state index in [1.807, 2.05) is 18.7 Å². The van der Waals surface area contributed by atoms with Gasteiger partial charge in [-0.25, -0.2) is 0 Å². The predicted octanol–water partition coefficient (Wildman–Crippen LogP) is 0.374. The average Bonchev–Trinajstić information content (AvgIpc) is 2.38. The van der Waals surface area contributed by atoms with Gasteiger partial charge in [-0.2, -0.15) is 0 Å². The molecule has 110 valence electrons. The molecular formula is C14H26N2O3. The van der Waals surface area contributed by atoms with Crippen molar-refractivity contribution in [2.45, 2.75) is 44.8 Å². The molecule has 2 rings (SSSR count). The third-order valence-electron chi connectivity index (χ3n) is 3.96. The van der Waals surface area contributed by atoms with E-state index in [0.29, 0.717) is 25.4 Å². The summed E-state index contributed by atoms with van der Waals surface area (Å²) < 4.78 is 5.74. The highest BCUT2D eigenvalue weighted by Gasteiger charge is 2.35. The van der Waals surface area contributed by atoms with Crippen LogP contribution in [0.1, 0.15) is 33.1 Å². The molecule has 1 atom stereocenters. The number of hydrogen-bond acceptors (Lipinski definition) is 4. The molecule has 19 heavy (non-hydrogen) atoms. The first-order valence-electron chi connectivity index (χ1n) is 7.27. The van der Waals surface area contributed by atoms with Crippen LogP contribution in [0.25, 0.3) is 0 Å². The average molecular weight is 270 g/mol. The molecule has 0 aromatic heterocycles. The molecule has 2 aliphatic rings. The minimum absolute atomic E-state index is 0.0272. The molecule has 2 aliphatic heterocycles. The molecule has 2 saturated heterocycles. The van der Waals surface area contributed by atoms with E-state index in [1.165, 1.54) is 0 Å². The Bertz CT molecular complexity index is 314. The van der Waals surface area contributed by atoms with Crippen molar-refractivity contribution >= 4 is 5.91 Å². The molecule has 2 heterocycles. The number of carbonyl (C=O) groups excluding carboxylic acids is 1. The number of aliphatic hydroxyl groups excluding tert-OH is 1. The van der Waals surface area contributed by atoms with Crippen LogP contribution in [-0.4, -0.2) is 60.4 Å². The maximum absolute atomic E-state index is 12.4. The number of nitrogens with one attached hydrogen (secondary N) is 1. The second-order valence-electron chi connectivity index (χ2n) is 6.35. The lowest BCUT2D eigenvalue weighted by atomic mass is 9.93. The molecule has 2 N–H and O–H groups in total. The van der Waals surface area contributed by atoms with E-state index in [2.05, 4.69) is 5.32 Å². The maximum atomic E-state index is 12.4. The molecule has 2 fully saturated rings. The molecule has 5 heteroatoms. The van der Waals surface area contributed by atoms with E-state index in [-0.39, 0.29) is 24.2 Å². The van der Waals surface area contributed by atoms with Crippen molar-refractivity contribution < 1.29 is 14.6 Å². The van der Waals surface area contributed by atoms with Crippen molar-refractivity contribution in [1.82, 2.24) is 10.2 Å². The SMILES string of the molecule is CC1(C)CN(C(=O)CC2CCNCC2)CC(CO)O1. The Labute approximate surface area is 115 Å². The summed E-state index contributed by atoms with van der Waals surface area (Å²) in [5.41, 5.74) is -0.366. The Balaban J connectivity index is 1.89. The van der Waals surface area contributed by atoms with Crippen LogP contribution in [0.2, 0.25) is 0 Å². The third-order valence-corrected chi connectivity index (χ3v) is 3.96. The van der Waals surface area contributed by atoms with Crippen LogP contribution in [0.3, 0.4) is 0 Å². The minimum Gasteiger partial charge on any atom is -0.394 e. The number of morpholine rings is 1. The number of nitrogens with zero attached hydrogens (tertiary/aromatic N) is 1. The largest absolute Gasteiger partial charge is 0.394 e. The fourth-order valence-corrected chi connectivity index (χ4v) is 3.04. The summed E-state index contributed by atoms with van der Waals surface area (Å²) in [7, 11) is 0. The van der Waals surface area contributed by atoms with Gasteiger partial charge in [0.05, 0.1) is 18.3 Å². The van der Waals surface area contributed by atoms with E-state index in [1.54, 1.807) is 0 Å². The van der Waals surface area contributed by atoms with Gasteiger partial charge in [0, 0.05) is 19.5 Å². The molecule has 0 aromatic rings. The quantitative estimate of drug-likeness (QED) is 0.778. The van der Waals surface area contributed by atoms with Gasteiger partial charge in [-0.05, 0) is 45.7 Å². The molecule has 0 bridgehead atoms. The van der Waals surface area contributed by atoms with E-state index in [0.717, 1.165) is 25.9 Å². The lowest BCUT2D eigenvalue weighted by molar-refractivity contribution is -0.167. The molecule has 0 radical (unpaired) electrons. The molecular weight excluding hydrogens is 244 g/mol. The fourth-order valence-electron chi connectivity index (χ4n) is 3.04. The van der Waals surface area contributed by atoms with Crippen molar-refractivity contribution in [2.75, 3.05) is 32.8 Å². The van der Waals surface area contributed by atoms with E-state index in [9.17, 15) is 9.90 Å². The first-order valence-corrected chi connectivity index (χ1v) is 7.27. The molecule has 1 unspecified atom stereocenters. The van der Waals surface area contributed by atoms with Crippen LogP contribution in [0.4, 0.5) is 0 Å². The zero-order valence-electron chi connectivity index (χ0n) is 12.0. The summed E-state index contributed by atoms with van der Waals surface area (Å²) in [4.78, 5) is 14.3. The number of amides is 1. The second-order valence-corrected chi connectivity index (χ2v) is 6.35. The summed E-state index contributed by atoms with van der Waals surface area (Å²) in [5.74, 6) is 0.717. The first-order chi connectivity index (χ1) is 9.00. The van der Waals surface area contributed by atoms with Gasteiger partial charge in [0.2, 0.25) is 5.91 Å². The fraction of sp³-hybridized carbons (Fsp3) is 0.929. The number of hydrogen-bond donors (Lipinski definition) is 2. The van der Waals surface area contributed by atoms with Crippen LogP contribution in [0.15, 0.2) is 0 Å². The first kappa shape index (κ1) is 14.8. The number of piperidine rings is 1. The predicted molar refractivity (Wildman–Crippen MR) is 72.8 cm³/mol. The highest BCUT2D eigenvalue weighted by atomic mass is 16.5. The van der Waals surface area contributed by atoms with Crippen LogP contribution in [0.5, 0.6) is 0 Å². The molecule has 0 spiro atoms. The zero-order chi connectivity index (χ0) is 13.9. The van der Waals surface area contributed by atoms with Gasteiger partial charge in [0.25, 0.3) is 0 Å². The Morgan fingerprint density at radius 1 is 1.42 bits per heavy atom. The van der Waals surface area contributed by atoms with Gasteiger partial charge in [-0.15, -0.1) is 0 Å². The number of ether oxygens (including phenoxy) is 1. The van der Waals surface area contributed by atoms with Crippen molar-refractivity contribution in [3.05, 3.63) is 0 Å². The Kier molecular flexibility index (Phi) is 4.81. The van der Waals surface area contributed by atoms with Gasteiger partial charge in [-0.3, -0.25) is 4.79 Å². The van der Waals surface area contributed by atoms with Gasteiger partial charge in [0.15, 0.2) is 0 Å². The zero-order valence-corrected chi connectivity index (χ0v) is 12.0. The van der Waals surface area contributed by atoms with Crippen molar-refractivity contribution in [3.8, 4) is 0 Å². The summed E-state index contributed by atoms with van der Waals surface area (Å²) in [6, 6.07) is 0. The lowest BCUT2D eigenvalue weighted by Gasteiger charge is -2.42. The van der Waals surface area contributed by atoms with Gasteiger partial charge in [0.1, 0.15) is 0 Å². The van der Waals surface area contributed by atoms with E-state index in [4.69, 9.17) is 4.74 Å². The summed E-state index contributed by atoms with van der Waals surface area (Å²) in [6.07, 6.45) is 2.56. The highest BCUT2D eigenvalue weighted by Crippen LogP contribution is 2.23. The Hall–Kier alpha value is -0.650. The van der Waals surface area contributed by atoms with Gasteiger partial charge >= 0.3 is 0 Å². The molecule has 5 nitrogen and oxygen atoms in total. The number of carbonyl (C=O) groups is 1. The van der Waals surface area contributed by atoms with Gasteiger partial charge < -0.3 is 20.1 Å². The summed E-state index contributed by atoms with van der Waals surface area (Å²) in [5, 5.41) is 12.6. The summed E-state index contributed by atoms with van der Waals surface area (Å²) in [6.45, 7) is 7.09. The van der Waals surface area contributed by atoms with Crippen LogP contribution in [-0.2, 0) is 9.53 Å². The third kappa shape index (κ3) is 4.16. The Morgan fingerprint density at radius 2 is 2.11 bits per heavy atom. The Morgan fingerprint density at radius 3 is 2.74 bits per heavy atom. The topological polar surface area (TPSA) is 61.8 Å². The number of rotatable bonds is 3. The van der Waals surface area contributed by atoms with Crippen molar-refractivity contribution in [3.63, 3.8) is 0 Å². The standard InChI is InChI=1S/C14H26N2O3/c1-14(2)10-16(8-12(9-17)19-14)13(18)7-11-3-5-15-6-4-11/h11-12,15,17H,3-10H2,1-2H3. The molecule has 0 saturated carbocycles. The van der Waals surface area contributed by atoms with E-state index >= 15 is 0 Å². The van der Waals surface area contributed by atoms with Gasteiger partial charge in [-0.1, -0.05) is 0 Å².